The fourth-order valence-electron chi connectivity index (χ4n) is 1.72. The maximum Gasteiger partial charge on any atom is 0.258 e. The second-order valence-electron chi connectivity index (χ2n) is 5.18. The molecule has 0 fully saturated rings. The molecule has 0 atom stereocenters. The summed E-state index contributed by atoms with van der Waals surface area (Å²) in [6.45, 7) is 4.93. The van der Waals surface area contributed by atoms with E-state index in [4.69, 9.17) is 5.26 Å². The first-order chi connectivity index (χ1) is 10.6. The minimum absolute atomic E-state index is 0.336. The summed E-state index contributed by atoms with van der Waals surface area (Å²) in [6.07, 6.45) is 2.92. The van der Waals surface area contributed by atoms with Gasteiger partial charge in [-0.3, -0.25) is 4.79 Å². The van der Waals surface area contributed by atoms with E-state index in [0.717, 1.165) is 6.54 Å². The van der Waals surface area contributed by atoms with Crippen LogP contribution in [-0.2, 0) is 0 Å². The second-order valence-corrected chi connectivity index (χ2v) is 5.18. The number of aromatic nitrogens is 2. The van der Waals surface area contributed by atoms with Crippen molar-refractivity contribution in [3.05, 3.63) is 47.8 Å². The summed E-state index contributed by atoms with van der Waals surface area (Å²) in [7, 11) is 0. The summed E-state index contributed by atoms with van der Waals surface area (Å²) < 4.78 is 0. The van der Waals surface area contributed by atoms with Gasteiger partial charge in [-0.15, -0.1) is 0 Å². The molecule has 2 N–H and O–H groups in total. The van der Waals surface area contributed by atoms with Crippen LogP contribution in [0.2, 0.25) is 0 Å². The van der Waals surface area contributed by atoms with Crippen molar-refractivity contribution in [1.82, 2.24) is 9.97 Å². The second kappa shape index (κ2) is 7.18. The molecule has 0 aliphatic rings. The van der Waals surface area contributed by atoms with Gasteiger partial charge in [0.15, 0.2) is 0 Å². The minimum atomic E-state index is -0.349. The molecule has 1 aromatic heterocycles. The average Bonchev–Trinajstić information content (AvgIpc) is 2.54. The fraction of sp³-hybridized carbons (Fsp3) is 0.250. The number of amides is 1. The largest absolute Gasteiger partial charge is 0.354 e. The van der Waals surface area contributed by atoms with Crippen molar-refractivity contribution in [2.45, 2.75) is 13.8 Å². The molecule has 0 saturated carbocycles. The predicted octanol–water partition coefficient (Wildman–Crippen LogP) is 2.67. The molecule has 0 unspecified atom stereocenters. The third-order valence-electron chi connectivity index (χ3n) is 2.88. The zero-order valence-electron chi connectivity index (χ0n) is 12.5. The molecule has 1 heterocycles. The predicted molar refractivity (Wildman–Crippen MR) is 84.5 cm³/mol. The number of para-hydroxylation sites is 1. The van der Waals surface area contributed by atoms with Gasteiger partial charge >= 0.3 is 0 Å². The van der Waals surface area contributed by atoms with Crippen LogP contribution in [0.3, 0.4) is 0 Å². The van der Waals surface area contributed by atoms with Gasteiger partial charge < -0.3 is 10.6 Å². The lowest BCUT2D eigenvalue weighted by Crippen LogP contribution is -2.15. The van der Waals surface area contributed by atoms with Crippen molar-refractivity contribution < 1.29 is 4.79 Å². The number of nitrogens with one attached hydrogen (secondary N) is 2. The number of carbonyl (C=O) groups is 1. The van der Waals surface area contributed by atoms with Crippen LogP contribution in [0.4, 0.5) is 11.6 Å². The highest BCUT2D eigenvalue weighted by Gasteiger charge is 2.10. The summed E-state index contributed by atoms with van der Waals surface area (Å²) in [5.41, 5.74) is 1.21. The van der Waals surface area contributed by atoms with E-state index in [1.54, 1.807) is 24.3 Å². The van der Waals surface area contributed by atoms with Gasteiger partial charge in [0, 0.05) is 18.9 Å². The Bertz CT molecular complexity index is 688. The summed E-state index contributed by atoms with van der Waals surface area (Å²) in [6, 6.07) is 8.85. The van der Waals surface area contributed by atoms with Gasteiger partial charge in [0.05, 0.1) is 16.8 Å². The maximum absolute atomic E-state index is 12.1. The average molecular weight is 295 g/mol. The summed E-state index contributed by atoms with van der Waals surface area (Å²) in [5.74, 6) is 0.620. The molecule has 6 heteroatoms. The first-order valence-electron chi connectivity index (χ1n) is 6.96. The van der Waals surface area contributed by atoms with Crippen molar-refractivity contribution in [2.75, 3.05) is 17.2 Å². The summed E-state index contributed by atoms with van der Waals surface area (Å²) in [5, 5.41) is 14.8. The van der Waals surface area contributed by atoms with Crippen molar-refractivity contribution in [3.63, 3.8) is 0 Å². The SMILES string of the molecule is CC(C)CNc1ncc(C(=O)Nc2ccccc2C#N)cn1. The van der Waals surface area contributed by atoms with Crippen LogP contribution in [0, 0.1) is 17.2 Å². The molecule has 0 aliphatic heterocycles. The number of hydrogen-bond donors (Lipinski definition) is 2. The number of nitrogens with zero attached hydrogens (tertiary/aromatic N) is 3. The molecule has 1 aromatic carbocycles. The van der Waals surface area contributed by atoms with Crippen LogP contribution < -0.4 is 10.6 Å². The molecule has 6 nitrogen and oxygen atoms in total. The Balaban J connectivity index is 2.05. The molecular formula is C16H17N5O. The van der Waals surface area contributed by atoms with E-state index in [-0.39, 0.29) is 5.91 Å². The molecule has 0 bridgehead atoms. The van der Waals surface area contributed by atoms with Gasteiger partial charge in [-0.2, -0.15) is 5.26 Å². The van der Waals surface area contributed by atoms with Gasteiger partial charge in [0.1, 0.15) is 6.07 Å². The van der Waals surface area contributed by atoms with Crippen LogP contribution in [0.1, 0.15) is 29.8 Å². The van der Waals surface area contributed by atoms with Crippen molar-refractivity contribution in [2.24, 2.45) is 5.92 Å². The van der Waals surface area contributed by atoms with Gasteiger partial charge in [0.25, 0.3) is 5.91 Å². The Morgan fingerprint density at radius 1 is 1.27 bits per heavy atom. The maximum atomic E-state index is 12.1. The fourth-order valence-corrected chi connectivity index (χ4v) is 1.72. The number of carbonyl (C=O) groups excluding carboxylic acids is 1. The zero-order valence-corrected chi connectivity index (χ0v) is 12.5. The standard InChI is InChI=1S/C16H17N5O/c1-11(2)8-18-16-19-9-13(10-20-16)15(22)21-14-6-4-3-5-12(14)7-17/h3-6,9-11H,8H2,1-2H3,(H,21,22)(H,18,19,20). The Labute approximate surface area is 129 Å². The van der Waals surface area contributed by atoms with Crippen molar-refractivity contribution in [3.8, 4) is 6.07 Å². The highest BCUT2D eigenvalue weighted by Crippen LogP contribution is 2.14. The minimum Gasteiger partial charge on any atom is -0.354 e. The number of rotatable bonds is 5. The molecule has 0 spiro atoms. The molecule has 2 rings (SSSR count). The first kappa shape index (κ1) is 15.4. The molecule has 2 aromatic rings. The summed E-state index contributed by atoms with van der Waals surface area (Å²) in [4.78, 5) is 20.4. The lowest BCUT2D eigenvalue weighted by Gasteiger charge is -2.08. The molecule has 112 valence electrons. The van der Waals surface area contributed by atoms with Crippen LogP contribution in [0.25, 0.3) is 0 Å². The van der Waals surface area contributed by atoms with Gasteiger partial charge in [-0.05, 0) is 18.1 Å². The highest BCUT2D eigenvalue weighted by atomic mass is 16.1. The number of anilines is 2. The smallest absolute Gasteiger partial charge is 0.258 e. The molecule has 1 amide bonds. The Morgan fingerprint density at radius 2 is 1.95 bits per heavy atom. The monoisotopic (exact) mass is 295 g/mol. The van der Waals surface area contributed by atoms with E-state index in [9.17, 15) is 4.79 Å². The Hall–Kier alpha value is -2.94. The Morgan fingerprint density at radius 3 is 2.59 bits per heavy atom. The number of nitriles is 1. The Kier molecular flexibility index (Phi) is 5.04. The molecule has 0 saturated heterocycles. The normalized spacial score (nSPS) is 10.1. The van der Waals surface area contributed by atoms with E-state index in [2.05, 4.69) is 34.4 Å². The van der Waals surface area contributed by atoms with Crippen LogP contribution >= 0.6 is 0 Å². The quantitative estimate of drug-likeness (QED) is 0.885. The first-order valence-corrected chi connectivity index (χ1v) is 6.96. The lowest BCUT2D eigenvalue weighted by atomic mass is 10.2. The van der Waals surface area contributed by atoms with E-state index >= 15 is 0 Å². The number of hydrogen-bond acceptors (Lipinski definition) is 5. The van der Waals surface area contributed by atoms with Crippen LogP contribution in [0.15, 0.2) is 36.7 Å². The van der Waals surface area contributed by atoms with Crippen LogP contribution in [-0.4, -0.2) is 22.4 Å². The highest BCUT2D eigenvalue weighted by molar-refractivity contribution is 6.04. The molecule has 22 heavy (non-hydrogen) atoms. The van der Waals surface area contributed by atoms with Gasteiger partial charge in [-0.25, -0.2) is 9.97 Å². The van der Waals surface area contributed by atoms with Gasteiger partial charge in [0.2, 0.25) is 5.95 Å². The van der Waals surface area contributed by atoms with Crippen molar-refractivity contribution >= 4 is 17.5 Å². The number of benzene rings is 1. The van der Waals surface area contributed by atoms with E-state index in [0.29, 0.717) is 28.7 Å². The third kappa shape index (κ3) is 4.03. The van der Waals surface area contributed by atoms with E-state index in [1.165, 1.54) is 12.4 Å². The third-order valence-corrected chi connectivity index (χ3v) is 2.88. The van der Waals surface area contributed by atoms with E-state index < -0.39 is 0 Å². The van der Waals surface area contributed by atoms with Crippen LogP contribution in [0.5, 0.6) is 0 Å². The zero-order chi connectivity index (χ0) is 15.9. The molecule has 0 radical (unpaired) electrons. The lowest BCUT2D eigenvalue weighted by molar-refractivity contribution is 0.102. The molecular weight excluding hydrogens is 278 g/mol. The molecule has 0 aliphatic carbocycles. The topological polar surface area (TPSA) is 90.7 Å². The van der Waals surface area contributed by atoms with Crippen molar-refractivity contribution in [1.29, 1.82) is 5.26 Å². The van der Waals surface area contributed by atoms with E-state index in [1.807, 2.05) is 6.07 Å². The van der Waals surface area contributed by atoms with Gasteiger partial charge in [-0.1, -0.05) is 26.0 Å². The summed E-state index contributed by atoms with van der Waals surface area (Å²) >= 11 is 0.